The molecule has 2 amide bonds. The van der Waals surface area contributed by atoms with Crippen molar-refractivity contribution < 1.29 is 19.8 Å². The third-order valence-electron chi connectivity index (χ3n) is 4.86. The first kappa shape index (κ1) is 19.9. The lowest BCUT2D eigenvalue weighted by Gasteiger charge is -2.24. The van der Waals surface area contributed by atoms with Crippen LogP contribution in [-0.4, -0.2) is 52.2 Å². The third-order valence-corrected chi connectivity index (χ3v) is 5.98. The van der Waals surface area contributed by atoms with Gasteiger partial charge in [0.05, 0.1) is 17.8 Å². The van der Waals surface area contributed by atoms with Gasteiger partial charge in [0.1, 0.15) is 5.00 Å². The second-order valence-electron chi connectivity index (χ2n) is 7.16. The fourth-order valence-electron chi connectivity index (χ4n) is 2.93. The van der Waals surface area contributed by atoms with Crippen LogP contribution in [0.1, 0.15) is 53.9 Å². The number of thiophene rings is 1. The molecule has 6 nitrogen and oxygen atoms in total. The fourth-order valence-corrected chi connectivity index (χ4v) is 3.98. The van der Waals surface area contributed by atoms with Crippen molar-refractivity contribution in [2.75, 3.05) is 25.0 Å². The van der Waals surface area contributed by atoms with Crippen molar-refractivity contribution in [3.05, 3.63) is 16.0 Å². The maximum Gasteiger partial charge on any atom is 0.257 e. The number of aryl methyl sites for hydroxylation is 1. The van der Waals surface area contributed by atoms with Gasteiger partial charge in [-0.25, -0.2) is 0 Å². The molecule has 1 fully saturated rings. The smallest absolute Gasteiger partial charge is 0.257 e. The Morgan fingerprint density at radius 3 is 2.56 bits per heavy atom. The molecule has 0 saturated carbocycles. The number of nitrogens with one attached hydrogen (secondary N) is 1. The van der Waals surface area contributed by atoms with E-state index >= 15 is 0 Å². The van der Waals surface area contributed by atoms with Crippen LogP contribution in [-0.2, 0) is 4.79 Å². The summed E-state index contributed by atoms with van der Waals surface area (Å²) in [6, 6.07) is 0. The van der Waals surface area contributed by atoms with E-state index in [0.29, 0.717) is 42.9 Å². The van der Waals surface area contributed by atoms with Crippen molar-refractivity contribution in [3.63, 3.8) is 0 Å². The summed E-state index contributed by atoms with van der Waals surface area (Å²) in [4.78, 5) is 27.9. The van der Waals surface area contributed by atoms with E-state index in [9.17, 15) is 19.8 Å². The lowest BCUT2D eigenvalue weighted by molar-refractivity contribution is -0.118. The molecule has 3 N–H and O–H groups in total. The van der Waals surface area contributed by atoms with E-state index in [0.717, 1.165) is 10.4 Å². The highest BCUT2D eigenvalue weighted by molar-refractivity contribution is 7.16. The number of anilines is 1. The van der Waals surface area contributed by atoms with Crippen LogP contribution in [0.2, 0.25) is 0 Å². The minimum atomic E-state index is -1.11. The predicted octanol–water partition coefficient (Wildman–Crippen LogP) is 2.31. The lowest BCUT2D eigenvalue weighted by atomic mass is 9.96. The van der Waals surface area contributed by atoms with Gasteiger partial charge in [-0.2, -0.15) is 0 Å². The van der Waals surface area contributed by atoms with Gasteiger partial charge in [-0.15, -0.1) is 11.3 Å². The standard InChI is InChI=1S/C18H28N2O4S/c1-11(2)15(22)19-16-14(12(3)13(4)25-16)17(23)20-8-5-6-18(24,10-21)7-9-20/h11,21,24H,5-10H2,1-4H3,(H,19,22)/t18-/m1/s1. The average Bonchev–Trinajstić information content (AvgIpc) is 2.73. The molecule has 25 heavy (non-hydrogen) atoms. The van der Waals surface area contributed by atoms with Gasteiger partial charge in [-0.05, 0) is 38.7 Å². The van der Waals surface area contributed by atoms with Crippen LogP contribution in [0.15, 0.2) is 0 Å². The summed E-state index contributed by atoms with van der Waals surface area (Å²) in [7, 11) is 0. The second-order valence-corrected chi connectivity index (χ2v) is 8.38. The van der Waals surface area contributed by atoms with Crippen LogP contribution in [0.5, 0.6) is 0 Å². The maximum atomic E-state index is 13.1. The number of hydrogen-bond acceptors (Lipinski definition) is 5. The van der Waals surface area contributed by atoms with Crippen LogP contribution in [0.3, 0.4) is 0 Å². The van der Waals surface area contributed by atoms with Gasteiger partial charge < -0.3 is 20.4 Å². The SMILES string of the molecule is Cc1sc(NC(=O)C(C)C)c(C(=O)N2CCC[C@](O)(CO)CC2)c1C. The van der Waals surface area contributed by atoms with Crippen LogP contribution >= 0.6 is 11.3 Å². The molecule has 2 heterocycles. The van der Waals surface area contributed by atoms with Crippen molar-refractivity contribution in [1.82, 2.24) is 4.90 Å². The monoisotopic (exact) mass is 368 g/mol. The molecule has 0 radical (unpaired) electrons. The Morgan fingerprint density at radius 2 is 1.96 bits per heavy atom. The van der Waals surface area contributed by atoms with E-state index in [4.69, 9.17) is 0 Å². The molecule has 0 aliphatic carbocycles. The highest BCUT2D eigenvalue weighted by Gasteiger charge is 2.33. The zero-order valence-electron chi connectivity index (χ0n) is 15.4. The van der Waals surface area contributed by atoms with Gasteiger partial charge >= 0.3 is 0 Å². The average molecular weight is 368 g/mol. The second kappa shape index (κ2) is 7.85. The van der Waals surface area contributed by atoms with E-state index in [1.165, 1.54) is 11.3 Å². The number of aliphatic hydroxyl groups is 2. The molecule has 0 aromatic carbocycles. The molecule has 0 bridgehead atoms. The molecule has 7 heteroatoms. The van der Waals surface area contributed by atoms with Gasteiger partial charge in [0.25, 0.3) is 5.91 Å². The number of carbonyl (C=O) groups excluding carboxylic acids is 2. The van der Waals surface area contributed by atoms with Crippen LogP contribution in [0, 0.1) is 19.8 Å². The Kier molecular flexibility index (Phi) is 6.24. The van der Waals surface area contributed by atoms with Gasteiger partial charge in [-0.3, -0.25) is 9.59 Å². The molecular weight excluding hydrogens is 340 g/mol. The molecule has 1 saturated heterocycles. The summed E-state index contributed by atoms with van der Waals surface area (Å²) in [5, 5.41) is 23.1. The molecule has 1 aliphatic rings. The predicted molar refractivity (Wildman–Crippen MR) is 99.1 cm³/mol. The van der Waals surface area contributed by atoms with E-state index in [2.05, 4.69) is 5.32 Å². The molecule has 0 unspecified atom stereocenters. The van der Waals surface area contributed by atoms with Gasteiger partial charge in [0.15, 0.2) is 0 Å². The molecular formula is C18H28N2O4S. The fraction of sp³-hybridized carbons (Fsp3) is 0.667. The highest BCUT2D eigenvalue weighted by atomic mass is 32.1. The minimum absolute atomic E-state index is 0.110. The number of likely N-dealkylation sites (tertiary alicyclic amines) is 1. The van der Waals surface area contributed by atoms with Crippen molar-refractivity contribution in [1.29, 1.82) is 0 Å². The van der Waals surface area contributed by atoms with Gasteiger partial charge in [0.2, 0.25) is 5.91 Å². The van der Waals surface area contributed by atoms with E-state index < -0.39 is 5.60 Å². The first-order chi connectivity index (χ1) is 11.7. The van der Waals surface area contributed by atoms with Crippen LogP contribution < -0.4 is 5.32 Å². The molecule has 1 aliphatic heterocycles. The molecule has 1 aromatic rings. The van der Waals surface area contributed by atoms with Crippen LogP contribution in [0.25, 0.3) is 0 Å². The van der Waals surface area contributed by atoms with Crippen molar-refractivity contribution in [3.8, 4) is 0 Å². The highest BCUT2D eigenvalue weighted by Crippen LogP contribution is 2.34. The van der Waals surface area contributed by atoms with Crippen molar-refractivity contribution >= 4 is 28.2 Å². The number of rotatable bonds is 4. The Bertz CT molecular complexity index is 656. The summed E-state index contributed by atoms with van der Waals surface area (Å²) in [6.45, 7) is 8.10. The lowest BCUT2D eigenvalue weighted by Crippen LogP contribution is -2.36. The minimum Gasteiger partial charge on any atom is -0.393 e. The summed E-state index contributed by atoms with van der Waals surface area (Å²) < 4.78 is 0. The molecule has 2 rings (SSSR count). The Morgan fingerprint density at radius 1 is 1.28 bits per heavy atom. The summed E-state index contributed by atoms with van der Waals surface area (Å²) in [5.41, 5.74) is 0.324. The van der Waals surface area contributed by atoms with Gasteiger partial charge in [0, 0.05) is 23.9 Å². The van der Waals surface area contributed by atoms with Crippen molar-refractivity contribution in [2.45, 2.75) is 52.6 Å². The largest absolute Gasteiger partial charge is 0.393 e. The molecule has 0 spiro atoms. The van der Waals surface area contributed by atoms with Crippen molar-refractivity contribution in [2.24, 2.45) is 5.92 Å². The summed E-state index contributed by atoms with van der Waals surface area (Å²) in [6.07, 6.45) is 1.47. The van der Waals surface area contributed by atoms with E-state index in [1.807, 2.05) is 27.7 Å². The molecule has 1 atom stereocenters. The first-order valence-electron chi connectivity index (χ1n) is 8.72. The number of nitrogens with zero attached hydrogens (tertiary/aromatic N) is 1. The normalized spacial score (nSPS) is 21.3. The van der Waals surface area contributed by atoms with E-state index in [1.54, 1.807) is 4.90 Å². The number of hydrogen-bond donors (Lipinski definition) is 3. The number of amides is 2. The Labute approximate surface area is 152 Å². The Hall–Kier alpha value is -1.44. The first-order valence-corrected chi connectivity index (χ1v) is 9.53. The maximum absolute atomic E-state index is 13.1. The third kappa shape index (κ3) is 4.40. The van der Waals surface area contributed by atoms with Crippen LogP contribution in [0.4, 0.5) is 5.00 Å². The zero-order chi connectivity index (χ0) is 18.8. The summed E-state index contributed by atoms with van der Waals surface area (Å²) in [5.74, 6) is -0.396. The number of aliphatic hydroxyl groups excluding tert-OH is 1. The van der Waals surface area contributed by atoms with E-state index in [-0.39, 0.29) is 24.3 Å². The van der Waals surface area contributed by atoms with Gasteiger partial charge in [-0.1, -0.05) is 13.8 Å². The zero-order valence-corrected chi connectivity index (χ0v) is 16.2. The summed E-state index contributed by atoms with van der Waals surface area (Å²) >= 11 is 1.42. The molecule has 140 valence electrons. The number of carbonyl (C=O) groups is 2. The Balaban J connectivity index is 2.25. The quantitative estimate of drug-likeness (QED) is 0.761. The molecule has 1 aromatic heterocycles. The topological polar surface area (TPSA) is 89.9 Å².